The van der Waals surface area contributed by atoms with E-state index in [2.05, 4.69) is 6.92 Å². The molecule has 0 heterocycles. The Labute approximate surface area is 145 Å². The Morgan fingerprint density at radius 1 is 0.958 bits per heavy atom. The zero-order valence-electron chi connectivity index (χ0n) is 14.7. The molecule has 0 aromatic carbocycles. The molecule has 2 atom stereocenters. The van der Waals surface area contributed by atoms with E-state index in [1.807, 2.05) is 36.5 Å². The fourth-order valence-electron chi connectivity index (χ4n) is 2.03. The van der Waals surface area contributed by atoms with Gasteiger partial charge in [-0.05, 0) is 25.7 Å². The smallest absolute Gasteiger partial charge is 0.303 e. The van der Waals surface area contributed by atoms with Crippen LogP contribution in [-0.4, -0.2) is 33.5 Å². The van der Waals surface area contributed by atoms with Gasteiger partial charge >= 0.3 is 5.97 Å². The van der Waals surface area contributed by atoms with Crippen LogP contribution >= 0.6 is 0 Å². The first-order valence-corrected chi connectivity index (χ1v) is 8.80. The molecule has 0 amide bonds. The zero-order valence-corrected chi connectivity index (χ0v) is 14.7. The maximum atomic E-state index is 10.3. The molecule has 0 saturated carbocycles. The lowest BCUT2D eigenvalue weighted by Crippen LogP contribution is -2.23. The van der Waals surface area contributed by atoms with E-state index in [0.29, 0.717) is 12.8 Å². The summed E-state index contributed by atoms with van der Waals surface area (Å²) >= 11 is 0. The Balaban J connectivity index is 3.78. The van der Waals surface area contributed by atoms with Crippen molar-refractivity contribution < 1.29 is 20.1 Å². The first kappa shape index (κ1) is 22.4. The second-order valence-electron chi connectivity index (χ2n) is 5.74. The number of allylic oxidation sites excluding steroid dienone is 7. The van der Waals surface area contributed by atoms with E-state index in [9.17, 15) is 15.0 Å². The van der Waals surface area contributed by atoms with Crippen LogP contribution in [0, 0.1) is 0 Å². The minimum Gasteiger partial charge on any atom is -0.481 e. The van der Waals surface area contributed by atoms with Crippen LogP contribution in [0.25, 0.3) is 0 Å². The molecule has 0 aromatic rings. The summed E-state index contributed by atoms with van der Waals surface area (Å²) in [7, 11) is 0. The summed E-state index contributed by atoms with van der Waals surface area (Å²) < 4.78 is 0. The van der Waals surface area contributed by atoms with Crippen molar-refractivity contribution in [2.24, 2.45) is 0 Å². The lowest BCUT2D eigenvalue weighted by Gasteiger charge is -2.13. The van der Waals surface area contributed by atoms with Crippen LogP contribution in [-0.2, 0) is 4.79 Å². The van der Waals surface area contributed by atoms with Crippen molar-refractivity contribution in [2.45, 2.75) is 70.5 Å². The molecule has 136 valence electrons. The highest BCUT2D eigenvalue weighted by Gasteiger charge is 2.11. The van der Waals surface area contributed by atoms with E-state index < -0.39 is 18.2 Å². The fourth-order valence-corrected chi connectivity index (χ4v) is 2.03. The third-order valence-corrected chi connectivity index (χ3v) is 3.48. The molecule has 24 heavy (non-hydrogen) atoms. The maximum absolute atomic E-state index is 10.3. The molecular formula is C20H32O4. The minimum absolute atomic E-state index is 0.217. The number of hydrogen-bond acceptors (Lipinski definition) is 3. The summed E-state index contributed by atoms with van der Waals surface area (Å²) in [6.45, 7) is 2.11. The van der Waals surface area contributed by atoms with Gasteiger partial charge in [-0.15, -0.1) is 0 Å². The summed E-state index contributed by atoms with van der Waals surface area (Å²) in [5.41, 5.74) is 0. The van der Waals surface area contributed by atoms with Gasteiger partial charge in [-0.2, -0.15) is 0 Å². The molecule has 3 N–H and O–H groups in total. The number of rotatable bonds is 14. The highest BCUT2D eigenvalue weighted by Crippen LogP contribution is 2.07. The standard InChI is InChI=1S/C20H32O4/c1-2-3-12-15-18(21)19(22)16-13-10-8-6-4-5-7-9-11-14-17-20(23)24/h4,6-10,13,16,18-19,21-22H,2-3,5,11-12,14-15,17H2,1H3,(H,23,24)/b6-4-,9-7-,10-8+,16-13+/t18-,19+/m0/s1. The number of carbonyl (C=O) groups is 1. The number of carboxylic acid groups (broad SMARTS) is 1. The topological polar surface area (TPSA) is 77.8 Å². The summed E-state index contributed by atoms with van der Waals surface area (Å²) in [6, 6.07) is 0. The molecule has 0 fully saturated rings. The molecule has 4 nitrogen and oxygen atoms in total. The third-order valence-electron chi connectivity index (χ3n) is 3.48. The number of aliphatic hydroxyl groups excluding tert-OH is 2. The lowest BCUT2D eigenvalue weighted by atomic mass is 10.1. The van der Waals surface area contributed by atoms with E-state index >= 15 is 0 Å². The third kappa shape index (κ3) is 15.3. The van der Waals surface area contributed by atoms with Crippen molar-refractivity contribution in [2.75, 3.05) is 0 Å². The molecule has 0 rings (SSSR count). The summed E-state index contributed by atoms with van der Waals surface area (Å²) in [4.78, 5) is 10.3. The molecule has 0 saturated heterocycles. The summed E-state index contributed by atoms with van der Waals surface area (Å²) in [5.74, 6) is -0.750. The summed E-state index contributed by atoms with van der Waals surface area (Å²) in [5, 5.41) is 28.0. The number of hydrogen-bond donors (Lipinski definition) is 3. The predicted molar refractivity (Wildman–Crippen MR) is 98.8 cm³/mol. The molecule has 0 bridgehead atoms. The molecule has 0 aromatic heterocycles. The zero-order chi connectivity index (χ0) is 18.0. The highest BCUT2D eigenvalue weighted by atomic mass is 16.4. The van der Waals surface area contributed by atoms with Crippen LogP contribution in [0.15, 0.2) is 48.6 Å². The Morgan fingerprint density at radius 3 is 2.42 bits per heavy atom. The summed E-state index contributed by atoms with van der Waals surface area (Å²) in [6.07, 6.45) is 19.6. The van der Waals surface area contributed by atoms with Crippen molar-refractivity contribution >= 4 is 5.97 Å². The van der Waals surface area contributed by atoms with E-state index in [0.717, 1.165) is 32.1 Å². The van der Waals surface area contributed by atoms with Gasteiger partial charge in [0, 0.05) is 6.42 Å². The molecule has 0 aliphatic rings. The van der Waals surface area contributed by atoms with Gasteiger partial charge in [0.2, 0.25) is 0 Å². The average molecular weight is 336 g/mol. The first-order chi connectivity index (χ1) is 11.6. The van der Waals surface area contributed by atoms with Crippen LogP contribution < -0.4 is 0 Å². The lowest BCUT2D eigenvalue weighted by molar-refractivity contribution is -0.137. The molecule has 0 radical (unpaired) electrons. The van der Waals surface area contributed by atoms with E-state index in [4.69, 9.17) is 5.11 Å². The number of aliphatic hydroxyl groups is 2. The van der Waals surface area contributed by atoms with Crippen molar-refractivity contribution in [3.05, 3.63) is 48.6 Å². The predicted octanol–water partition coefficient (Wildman–Crippen LogP) is 4.16. The van der Waals surface area contributed by atoms with Gasteiger partial charge in [-0.1, -0.05) is 74.8 Å². The monoisotopic (exact) mass is 336 g/mol. The molecule has 0 aliphatic carbocycles. The minimum atomic E-state index is -0.816. The van der Waals surface area contributed by atoms with Gasteiger partial charge in [-0.25, -0.2) is 0 Å². The first-order valence-electron chi connectivity index (χ1n) is 8.80. The Morgan fingerprint density at radius 2 is 1.71 bits per heavy atom. The van der Waals surface area contributed by atoms with Gasteiger partial charge in [-0.3, -0.25) is 4.79 Å². The van der Waals surface area contributed by atoms with Crippen LogP contribution in [0.1, 0.15) is 58.3 Å². The van der Waals surface area contributed by atoms with Gasteiger partial charge in [0.25, 0.3) is 0 Å². The second kappa shape index (κ2) is 16.2. The number of carboxylic acids is 1. The Kier molecular flexibility index (Phi) is 15.1. The van der Waals surface area contributed by atoms with Crippen molar-refractivity contribution in [3.63, 3.8) is 0 Å². The quantitative estimate of drug-likeness (QED) is 0.253. The van der Waals surface area contributed by atoms with Crippen LogP contribution in [0.3, 0.4) is 0 Å². The van der Waals surface area contributed by atoms with Crippen molar-refractivity contribution in [3.8, 4) is 0 Å². The van der Waals surface area contributed by atoms with Crippen molar-refractivity contribution in [1.29, 1.82) is 0 Å². The van der Waals surface area contributed by atoms with Gasteiger partial charge in [0.15, 0.2) is 0 Å². The van der Waals surface area contributed by atoms with Crippen LogP contribution in [0.4, 0.5) is 0 Å². The highest BCUT2D eigenvalue weighted by molar-refractivity contribution is 5.66. The van der Waals surface area contributed by atoms with E-state index in [1.54, 1.807) is 12.2 Å². The van der Waals surface area contributed by atoms with Gasteiger partial charge in [0.05, 0.1) is 12.2 Å². The molecule has 0 aliphatic heterocycles. The largest absolute Gasteiger partial charge is 0.481 e. The SMILES string of the molecule is CCCCC[C@H](O)[C@H](O)/C=C/C=C/C=C\C/C=C\CCCC(=O)O. The van der Waals surface area contributed by atoms with Crippen LogP contribution in [0.5, 0.6) is 0 Å². The molecular weight excluding hydrogens is 304 g/mol. The van der Waals surface area contributed by atoms with Gasteiger partial charge < -0.3 is 15.3 Å². The average Bonchev–Trinajstić information content (AvgIpc) is 2.55. The molecule has 4 heteroatoms. The van der Waals surface area contributed by atoms with Crippen LogP contribution in [0.2, 0.25) is 0 Å². The normalized spacial score (nSPS) is 15.1. The van der Waals surface area contributed by atoms with E-state index in [-0.39, 0.29) is 6.42 Å². The van der Waals surface area contributed by atoms with Crippen molar-refractivity contribution in [1.82, 2.24) is 0 Å². The number of aliphatic carboxylic acids is 1. The maximum Gasteiger partial charge on any atom is 0.303 e. The Bertz CT molecular complexity index is 421. The molecule has 0 unspecified atom stereocenters. The van der Waals surface area contributed by atoms with Gasteiger partial charge in [0.1, 0.15) is 0 Å². The Hall–Kier alpha value is -1.65. The second-order valence-corrected chi connectivity index (χ2v) is 5.74. The van der Waals surface area contributed by atoms with E-state index in [1.165, 1.54) is 0 Å². The fraction of sp³-hybridized carbons (Fsp3) is 0.550. The number of unbranched alkanes of at least 4 members (excludes halogenated alkanes) is 3. The molecule has 0 spiro atoms.